The summed E-state index contributed by atoms with van der Waals surface area (Å²) in [6.45, 7) is 4.01. The SMILES string of the molecule is C=CCNC(=O)Cn1ccnc1C#N. The lowest BCUT2D eigenvalue weighted by atomic mass is 10.5. The highest BCUT2D eigenvalue weighted by molar-refractivity contribution is 5.75. The molecule has 1 heterocycles. The average Bonchev–Trinajstić information content (AvgIpc) is 2.62. The number of carbonyl (C=O) groups excluding carboxylic acids is 1. The van der Waals surface area contributed by atoms with Crippen LogP contribution in [0, 0.1) is 11.3 Å². The van der Waals surface area contributed by atoms with E-state index in [-0.39, 0.29) is 18.3 Å². The van der Waals surface area contributed by atoms with Crippen molar-refractivity contribution in [3.63, 3.8) is 0 Å². The molecule has 0 aromatic carbocycles. The van der Waals surface area contributed by atoms with Gasteiger partial charge in [0.25, 0.3) is 0 Å². The molecule has 0 fully saturated rings. The van der Waals surface area contributed by atoms with Gasteiger partial charge in [-0.1, -0.05) is 6.08 Å². The molecule has 0 radical (unpaired) electrons. The van der Waals surface area contributed by atoms with Crippen LogP contribution in [0.2, 0.25) is 0 Å². The molecule has 0 aliphatic heterocycles. The van der Waals surface area contributed by atoms with Gasteiger partial charge in [-0.15, -0.1) is 6.58 Å². The number of aromatic nitrogens is 2. The molecule has 0 saturated heterocycles. The zero-order valence-electron chi connectivity index (χ0n) is 7.60. The second-order valence-corrected chi connectivity index (χ2v) is 2.58. The van der Waals surface area contributed by atoms with Gasteiger partial charge in [-0.25, -0.2) is 4.98 Å². The summed E-state index contributed by atoms with van der Waals surface area (Å²) in [6, 6.07) is 1.89. The monoisotopic (exact) mass is 190 g/mol. The third kappa shape index (κ3) is 2.45. The van der Waals surface area contributed by atoms with E-state index < -0.39 is 0 Å². The first-order valence-corrected chi connectivity index (χ1v) is 4.06. The molecule has 14 heavy (non-hydrogen) atoms. The highest BCUT2D eigenvalue weighted by Crippen LogP contribution is 1.94. The lowest BCUT2D eigenvalue weighted by molar-refractivity contribution is -0.121. The smallest absolute Gasteiger partial charge is 0.240 e. The van der Waals surface area contributed by atoms with E-state index in [1.165, 1.54) is 10.8 Å². The number of amides is 1. The molecule has 0 aliphatic carbocycles. The maximum absolute atomic E-state index is 11.2. The highest BCUT2D eigenvalue weighted by atomic mass is 16.1. The summed E-state index contributed by atoms with van der Waals surface area (Å²) in [5, 5.41) is 11.2. The molecule has 1 N–H and O–H groups in total. The molecular weight excluding hydrogens is 180 g/mol. The second-order valence-electron chi connectivity index (χ2n) is 2.58. The van der Waals surface area contributed by atoms with Gasteiger partial charge in [0.15, 0.2) is 0 Å². The summed E-state index contributed by atoms with van der Waals surface area (Å²) in [5.41, 5.74) is 0. The number of nitrogens with one attached hydrogen (secondary N) is 1. The Hall–Kier alpha value is -2.09. The molecule has 1 aromatic rings. The Bertz CT molecular complexity index is 374. The maximum atomic E-state index is 11.2. The molecule has 1 rings (SSSR count). The molecule has 5 nitrogen and oxygen atoms in total. The fraction of sp³-hybridized carbons (Fsp3) is 0.222. The normalized spacial score (nSPS) is 9.07. The molecule has 0 spiro atoms. The predicted molar refractivity (Wildman–Crippen MR) is 50.1 cm³/mol. The Morgan fingerprint density at radius 1 is 1.86 bits per heavy atom. The average molecular weight is 190 g/mol. The number of nitrogens with zero attached hydrogens (tertiary/aromatic N) is 3. The Balaban J connectivity index is 2.56. The van der Waals surface area contributed by atoms with Crippen LogP contribution in [-0.2, 0) is 11.3 Å². The van der Waals surface area contributed by atoms with Crippen LogP contribution in [0.15, 0.2) is 25.0 Å². The number of carbonyl (C=O) groups is 1. The highest BCUT2D eigenvalue weighted by Gasteiger charge is 2.05. The van der Waals surface area contributed by atoms with Crippen molar-refractivity contribution in [3.05, 3.63) is 30.9 Å². The summed E-state index contributed by atoms with van der Waals surface area (Å²) >= 11 is 0. The van der Waals surface area contributed by atoms with E-state index in [1.54, 1.807) is 12.3 Å². The molecule has 0 bridgehead atoms. The van der Waals surface area contributed by atoms with Crippen LogP contribution in [-0.4, -0.2) is 22.0 Å². The van der Waals surface area contributed by atoms with Crippen molar-refractivity contribution in [1.82, 2.24) is 14.9 Å². The van der Waals surface area contributed by atoms with Gasteiger partial charge in [0, 0.05) is 18.9 Å². The Morgan fingerprint density at radius 3 is 3.29 bits per heavy atom. The first-order valence-electron chi connectivity index (χ1n) is 4.06. The largest absolute Gasteiger partial charge is 0.351 e. The first-order chi connectivity index (χ1) is 6.77. The zero-order valence-corrected chi connectivity index (χ0v) is 7.60. The predicted octanol–water partition coefficient (Wildman–Crippen LogP) is 0.0570. The number of nitriles is 1. The van der Waals surface area contributed by atoms with Crippen LogP contribution in [0.25, 0.3) is 0 Å². The maximum Gasteiger partial charge on any atom is 0.240 e. The summed E-state index contributed by atoms with van der Waals surface area (Å²) in [6.07, 6.45) is 4.67. The van der Waals surface area contributed by atoms with Crippen molar-refractivity contribution < 1.29 is 4.79 Å². The fourth-order valence-electron chi connectivity index (χ4n) is 0.946. The van der Waals surface area contributed by atoms with Crippen molar-refractivity contribution in [2.45, 2.75) is 6.54 Å². The van der Waals surface area contributed by atoms with Crippen LogP contribution >= 0.6 is 0 Å². The van der Waals surface area contributed by atoms with Gasteiger partial charge in [-0.2, -0.15) is 5.26 Å². The Kier molecular flexibility index (Phi) is 3.44. The van der Waals surface area contributed by atoms with Gasteiger partial charge in [0.1, 0.15) is 12.6 Å². The van der Waals surface area contributed by atoms with Gasteiger partial charge in [-0.3, -0.25) is 4.79 Å². The number of rotatable bonds is 4. The Morgan fingerprint density at radius 2 is 2.64 bits per heavy atom. The van der Waals surface area contributed by atoms with E-state index in [1.807, 2.05) is 6.07 Å². The van der Waals surface area contributed by atoms with Crippen molar-refractivity contribution in [2.75, 3.05) is 6.54 Å². The minimum atomic E-state index is -0.167. The molecule has 1 amide bonds. The standard InChI is InChI=1S/C9H10N4O/c1-2-3-12-9(14)7-13-5-4-11-8(13)6-10/h2,4-5H,1,3,7H2,(H,12,14). The third-order valence-corrected chi connectivity index (χ3v) is 1.57. The molecule has 1 aromatic heterocycles. The van der Waals surface area contributed by atoms with E-state index in [0.717, 1.165) is 0 Å². The van der Waals surface area contributed by atoms with E-state index in [9.17, 15) is 4.79 Å². The summed E-state index contributed by atoms with van der Waals surface area (Å²) in [4.78, 5) is 15.0. The zero-order chi connectivity index (χ0) is 10.4. The van der Waals surface area contributed by atoms with E-state index in [2.05, 4.69) is 16.9 Å². The fourth-order valence-corrected chi connectivity index (χ4v) is 0.946. The number of hydrogen-bond acceptors (Lipinski definition) is 3. The van der Waals surface area contributed by atoms with Crippen molar-refractivity contribution in [1.29, 1.82) is 5.26 Å². The van der Waals surface area contributed by atoms with Gasteiger partial charge < -0.3 is 9.88 Å². The van der Waals surface area contributed by atoms with Crippen LogP contribution in [0.3, 0.4) is 0 Å². The quantitative estimate of drug-likeness (QED) is 0.682. The minimum absolute atomic E-state index is 0.108. The molecule has 0 unspecified atom stereocenters. The summed E-state index contributed by atoms with van der Waals surface area (Å²) < 4.78 is 1.48. The molecule has 72 valence electrons. The van der Waals surface area contributed by atoms with Crippen LogP contribution in [0.5, 0.6) is 0 Å². The molecule has 0 atom stereocenters. The van der Waals surface area contributed by atoms with E-state index in [4.69, 9.17) is 5.26 Å². The van der Waals surface area contributed by atoms with Gasteiger partial charge in [0.2, 0.25) is 11.7 Å². The van der Waals surface area contributed by atoms with Gasteiger partial charge in [-0.05, 0) is 0 Å². The third-order valence-electron chi connectivity index (χ3n) is 1.57. The Labute approximate surface area is 81.7 Å². The minimum Gasteiger partial charge on any atom is -0.351 e. The van der Waals surface area contributed by atoms with Crippen molar-refractivity contribution >= 4 is 5.91 Å². The van der Waals surface area contributed by atoms with E-state index >= 15 is 0 Å². The topological polar surface area (TPSA) is 70.7 Å². The van der Waals surface area contributed by atoms with Gasteiger partial charge >= 0.3 is 0 Å². The second kappa shape index (κ2) is 4.82. The van der Waals surface area contributed by atoms with Gasteiger partial charge in [0.05, 0.1) is 0 Å². The van der Waals surface area contributed by atoms with Crippen molar-refractivity contribution in [3.8, 4) is 6.07 Å². The summed E-state index contributed by atoms with van der Waals surface area (Å²) in [7, 11) is 0. The van der Waals surface area contributed by atoms with Crippen LogP contribution in [0.4, 0.5) is 0 Å². The van der Waals surface area contributed by atoms with Crippen LogP contribution in [0.1, 0.15) is 5.82 Å². The van der Waals surface area contributed by atoms with Crippen LogP contribution < -0.4 is 5.32 Å². The molecule has 0 saturated carbocycles. The number of imidazole rings is 1. The molecular formula is C9H10N4O. The van der Waals surface area contributed by atoms with E-state index in [0.29, 0.717) is 6.54 Å². The summed E-state index contributed by atoms with van der Waals surface area (Å²) in [5.74, 6) is 0.0677. The lowest BCUT2D eigenvalue weighted by Crippen LogP contribution is -2.27. The molecule has 0 aliphatic rings. The molecule has 5 heteroatoms. The van der Waals surface area contributed by atoms with Crippen molar-refractivity contribution in [2.24, 2.45) is 0 Å². The first kappa shape index (κ1) is 9.99. The number of hydrogen-bond donors (Lipinski definition) is 1. The lowest BCUT2D eigenvalue weighted by Gasteiger charge is -2.03.